The second kappa shape index (κ2) is 13.4. The number of hydrogen-bond donors (Lipinski definition) is 1. The number of hydrogen-bond acceptors (Lipinski definition) is 10. The third kappa shape index (κ3) is 6.60. The number of aromatic nitrogens is 2. The van der Waals surface area contributed by atoms with Gasteiger partial charge in [0.25, 0.3) is 0 Å². The molecule has 5 rings (SSSR count). The van der Waals surface area contributed by atoms with Crippen LogP contribution in [0.15, 0.2) is 36.7 Å². The molecule has 2 aliphatic rings. The molecule has 0 spiro atoms. The molecule has 1 aromatic heterocycles. The first-order valence-electron chi connectivity index (χ1n) is 14.1. The predicted octanol–water partition coefficient (Wildman–Crippen LogP) is 4.32. The second-order valence-electron chi connectivity index (χ2n) is 10.5. The highest BCUT2D eigenvalue weighted by atomic mass is 19.1. The van der Waals surface area contributed by atoms with Gasteiger partial charge >= 0.3 is 0 Å². The molecule has 0 amide bonds. The number of rotatable bonds is 10. The van der Waals surface area contributed by atoms with Crippen LogP contribution >= 0.6 is 0 Å². The van der Waals surface area contributed by atoms with E-state index in [1.807, 2.05) is 12.1 Å². The van der Waals surface area contributed by atoms with Crippen LogP contribution in [0.1, 0.15) is 18.4 Å². The Morgan fingerprint density at radius 1 is 0.833 bits per heavy atom. The minimum Gasteiger partial charge on any atom is -0.495 e. The van der Waals surface area contributed by atoms with E-state index in [1.165, 1.54) is 26.6 Å². The van der Waals surface area contributed by atoms with Gasteiger partial charge in [-0.2, -0.15) is 0 Å². The average Bonchev–Trinajstić information content (AvgIpc) is 3.02. The molecule has 3 aromatic rings. The van der Waals surface area contributed by atoms with E-state index in [2.05, 4.69) is 43.1 Å². The third-order valence-corrected chi connectivity index (χ3v) is 7.97. The highest BCUT2D eigenvalue weighted by Crippen LogP contribution is 2.35. The zero-order valence-electron chi connectivity index (χ0n) is 24.5. The Kier molecular flexibility index (Phi) is 9.43. The lowest BCUT2D eigenvalue weighted by Gasteiger charge is -2.42. The summed E-state index contributed by atoms with van der Waals surface area (Å²) in [4.78, 5) is 16.0. The van der Waals surface area contributed by atoms with E-state index in [-0.39, 0.29) is 22.9 Å². The third-order valence-electron chi connectivity index (χ3n) is 7.97. The quantitative estimate of drug-likeness (QED) is 0.372. The summed E-state index contributed by atoms with van der Waals surface area (Å²) in [5.74, 6) is -0.649. The number of nitrogens with one attached hydrogen (secondary N) is 1. The number of ether oxygens (including phenoxy) is 4. The smallest absolute Gasteiger partial charge is 0.232 e. The molecule has 42 heavy (non-hydrogen) atoms. The maximum atomic E-state index is 14.6. The van der Waals surface area contributed by atoms with Crippen LogP contribution in [0.25, 0.3) is 0 Å². The molecule has 0 radical (unpaired) electrons. The first-order valence-corrected chi connectivity index (χ1v) is 14.1. The lowest BCUT2D eigenvalue weighted by Crippen LogP contribution is -2.52. The topological polar surface area (TPSA) is 84.4 Å². The van der Waals surface area contributed by atoms with E-state index in [1.54, 1.807) is 7.11 Å². The van der Waals surface area contributed by atoms with Gasteiger partial charge in [-0.25, -0.2) is 18.7 Å². The first kappa shape index (κ1) is 29.6. The van der Waals surface area contributed by atoms with Crippen LogP contribution in [0.5, 0.6) is 23.1 Å². The van der Waals surface area contributed by atoms with Gasteiger partial charge in [0.15, 0.2) is 23.1 Å². The van der Waals surface area contributed by atoms with Crippen molar-refractivity contribution in [3.05, 3.63) is 53.9 Å². The fraction of sp³-hybridized carbons (Fsp3) is 0.467. The molecule has 3 heterocycles. The van der Waals surface area contributed by atoms with Crippen molar-refractivity contribution >= 4 is 17.2 Å². The van der Waals surface area contributed by atoms with Crippen molar-refractivity contribution in [1.29, 1.82) is 0 Å². The summed E-state index contributed by atoms with van der Waals surface area (Å²) in [7, 11) is 6.45. The van der Waals surface area contributed by atoms with Crippen LogP contribution in [-0.4, -0.2) is 93.5 Å². The second-order valence-corrected chi connectivity index (χ2v) is 10.5. The SMILES string of the molecule is COc1cc(Nc2cnc(OCc3c(F)c(OC)cc(OC)c3F)cn2)ccc1N1CCC(N2CCN(C)CC2)CC1. The molecule has 12 heteroatoms. The minimum absolute atomic E-state index is 0.106. The number of likely N-dealkylation sites (N-methyl/N-ethyl adjacent to an activating group) is 1. The highest BCUT2D eigenvalue weighted by Gasteiger charge is 2.28. The van der Waals surface area contributed by atoms with Crippen molar-refractivity contribution < 1.29 is 27.7 Å². The number of anilines is 3. The zero-order valence-corrected chi connectivity index (χ0v) is 24.5. The Hall–Kier alpha value is -3.90. The fourth-order valence-corrected chi connectivity index (χ4v) is 5.49. The van der Waals surface area contributed by atoms with Crippen molar-refractivity contribution in [3.8, 4) is 23.1 Å². The molecule has 0 atom stereocenters. The summed E-state index contributed by atoms with van der Waals surface area (Å²) in [6.07, 6.45) is 5.15. The number of methoxy groups -OCH3 is 3. The standard InChI is InChI=1S/C30H38F2N6O4/c1-36-11-13-37(14-12-36)21-7-9-38(10-8-21)23-6-5-20(15-24(23)39-2)35-27-17-34-28(18-33-27)42-19-22-29(31)25(40-3)16-26(41-4)30(22)32/h5-6,15-18,21H,7-14,19H2,1-4H3,(H,33,35). The molecular weight excluding hydrogens is 546 g/mol. The van der Waals surface area contributed by atoms with Crippen LogP contribution in [-0.2, 0) is 6.61 Å². The largest absolute Gasteiger partial charge is 0.495 e. The van der Waals surface area contributed by atoms with E-state index in [0.717, 1.165) is 75.3 Å². The predicted molar refractivity (Wildman–Crippen MR) is 156 cm³/mol. The van der Waals surface area contributed by atoms with Gasteiger partial charge < -0.3 is 34.1 Å². The van der Waals surface area contributed by atoms with Crippen molar-refractivity contribution in [2.45, 2.75) is 25.5 Å². The van der Waals surface area contributed by atoms with Crippen LogP contribution in [0, 0.1) is 11.6 Å². The normalized spacial score (nSPS) is 16.8. The number of piperidine rings is 1. The van der Waals surface area contributed by atoms with Crippen LogP contribution in [0.2, 0.25) is 0 Å². The van der Waals surface area contributed by atoms with E-state index in [4.69, 9.17) is 18.9 Å². The molecule has 226 valence electrons. The van der Waals surface area contributed by atoms with Gasteiger partial charge in [-0.15, -0.1) is 0 Å². The fourth-order valence-electron chi connectivity index (χ4n) is 5.49. The number of piperazine rings is 1. The maximum absolute atomic E-state index is 14.6. The molecule has 0 saturated carbocycles. The van der Waals surface area contributed by atoms with Crippen LogP contribution in [0.4, 0.5) is 26.0 Å². The Bertz CT molecular complexity index is 1320. The first-order chi connectivity index (χ1) is 20.4. The molecule has 0 bridgehead atoms. The summed E-state index contributed by atoms with van der Waals surface area (Å²) in [6, 6.07) is 7.78. The van der Waals surface area contributed by atoms with Crippen molar-refractivity contribution in [2.75, 3.05) is 77.9 Å². The lowest BCUT2D eigenvalue weighted by molar-refractivity contribution is 0.0981. The number of benzene rings is 2. The summed E-state index contributed by atoms with van der Waals surface area (Å²) in [5.41, 5.74) is 1.53. The van der Waals surface area contributed by atoms with Gasteiger partial charge in [0.2, 0.25) is 5.88 Å². The van der Waals surface area contributed by atoms with Crippen LogP contribution in [0.3, 0.4) is 0 Å². The molecule has 2 aliphatic heterocycles. The number of halogens is 2. The van der Waals surface area contributed by atoms with Gasteiger partial charge in [0, 0.05) is 63.1 Å². The lowest BCUT2D eigenvalue weighted by atomic mass is 10.0. The zero-order chi connectivity index (χ0) is 29.6. The molecule has 0 unspecified atom stereocenters. The number of nitrogens with zero attached hydrogens (tertiary/aromatic N) is 5. The maximum Gasteiger partial charge on any atom is 0.232 e. The van der Waals surface area contributed by atoms with E-state index < -0.39 is 18.2 Å². The van der Waals surface area contributed by atoms with Gasteiger partial charge in [-0.3, -0.25) is 4.90 Å². The van der Waals surface area contributed by atoms with Crippen molar-refractivity contribution in [1.82, 2.24) is 19.8 Å². The summed E-state index contributed by atoms with van der Waals surface area (Å²) in [6.45, 7) is 6.14. The molecule has 0 aliphatic carbocycles. The monoisotopic (exact) mass is 584 g/mol. The Balaban J connectivity index is 1.18. The van der Waals surface area contributed by atoms with E-state index in [9.17, 15) is 8.78 Å². The van der Waals surface area contributed by atoms with Gasteiger partial charge in [0.05, 0.1) is 45.0 Å². The van der Waals surface area contributed by atoms with E-state index >= 15 is 0 Å². The summed E-state index contributed by atoms with van der Waals surface area (Å²) < 4.78 is 50.4. The molecule has 2 aromatic carbocycles. The Morgan fingerprint density at radius 3 is 2.10 bits per heavy atom. The van der Waals surface area contributed by atoms with Crippen LogP contribution < -0.4 is 29.2 Å². The van der Waals surface area contributed by atoms with E-state index in [0.29, 0.717) is 11.9 Å². The van der Waals surface area contributed by atoms with Gasteiger partial charge in [0.1, 0.15) is 18.2 Å². The molecule has 10 nitrogen and oxygen atoms in total. The van der Waals surface area contributed by atoms with Gasteiger partial charge in [-0.05, 0) is 32.0 Å². The molecular formula is C30H38F2N6O4. The minimum atomic E-state index is -0.862. The summed E-state index contributed by atoms with van der Waals surface area (Å²) in [5, 5.41) is 3.22. The Morgan fingerprint density at radius 2 is 1.50 bits per heavy atom. The Labute approximate surface area is 245 Å². The average molecular weight is 585 g/mol. The highest BCUT2D eigenvalue weighted by molar-refractivity contribution is 5.68. The molecule has 1 N–H and O–H groups in total. The van der Waals surface area contributed by atoms with Crippen molar-refractivity contribution in [3.63, 3.8) is 0 Å². The van der Waals surface area contributed by atoms with Crippen molar-refractivity contribution in [2.24, 2.45) is 0 Å². The molecule has 2 fully saturated rings. The molecule has 2 saturated heterocycles. The van der Waals surface area contributed by atoms with Gasteiger partial charge in [-0.1, -0.05) is 0 Å². The summed E-state index contributed by atoms with van der Waals surface area (Å²) >= 11 is 0.